The van der Waals surface area contributed by atoms with Gasteiger partial charge in [0, 0.05) is 38.4 Å². The lowest BCUT2D eigenvalue weighted by Gasteiger charge is -2.37. The highest BCUT2D eigenvalue weighted by atomic mass is 32.1. The number of piperazine rings is 1. The summed E-state index contributed by atoms with van der Waals surface area (Å²) in [6.45, 7) is 3.24. The first-order valence-corrected chi connectivity index (χ1v) is 10.7. The summed E-state index contributed by atoms with van der Waals surface area (Å²) >= 11 is 1.69. The van der Waals surface area contributed by atoms with Crippen LogP contribution in [0.25, 0.3) is 10.2 Å². The quantitative estimate of drug-likeness (QED) is 0.585. The number of nitrogens with zero attached hydrogens (tertiary/aromatic N) is 4. The number of aromatic nitrogens is 2. The summed E-state index contributed by atoms with van der Waals surface area (Å²) in [5, 5.41) is 1.06. The Bertz CT molecular complexity index is 1010. The third kappa shape index (κ3) is 5.13. The Morgan fingerprint density at radius 2 is 1.90 bits per heavy atom. The molecule has 1 atom stereocenters. The number of amides is 1. The number of alkyl halides is 3. The van der Waals surface area contributed by atoms with Crippen molar-refractivity contribution < 1.29 is 22.7 Å². The van der Waals surface area contributed by atoms with E-state index in [1.165, 1.54) is 18.3 Å². The molecule has 2 aromatic heterocycles. The number of fused-ring (bicyclic) bond motifs is 1. The lowest BCUT2D eigenvalue weighted by atomic mass is 10.2. The number of para-hydroxylation sites is 1. The lowest BCUT2D eigenvalue weighted by molar-refractivity contribution is -0.154. The van der Waals surface area contributed by atoms with Gasteiger partial charge < -0.3 is 9.64 Å². The zero-order valence-electron chi connectivity index (χ0n) is 16.8. The summed E-state index contributed by atoms with van der Waals surface area (Å²) in [6.07, 6.45) is -3.18. The SMILES string of the molecule is C[C@@H](c1nc2ccccc2s1)N1CCN(C(=O)c2ccc(OCC(F)(F)F)nc2)CC1. The normalized spacial score (nSPS) is 16.5. The third-order valence-electron chi connectivity index (χ3n) is 5.18. The fraction of sp³-hybridized carbons (Fsp3) is 0.381. The molecule has 0 spiro atoms. The molecule has 0 radical (unpaired) electrons. The van der Waals surface area contributed by atoms with Crippen LogP contribution in [0.5, 0.6) is 5.88 Å². The van der Waals surface area contributed by atoms with Crippen molar-refractivity contribution in [2.75, 3.05) is 32.8 Å². The highest BCUT2D eigenvalue weighted by Crippen LogP contribution is 2.30. The number of rotatable bonds is 5. The highest BCUT2D eigenvalue weighted by molar-refractivity contribution is 7.18. The average Bonchev–Trinajstić information content (AvgIpc) is 3.21. The Labute approximate surface area is 181 Å². The van der Waals surface area contributed by atoms with Crippen molar-refractivity contribution in [3.8, 4) is 5.88 Å². The number of pyridine rings is 1. The largest absolute Gasteiger partial charge is 0.468 e. The Balaban J connectivity index is 1.33. The second-order valence-electron chi connectivity index (χ2n) is 7.31. The topological polar surface area (TPSA) is 58.6 Å². The molecule has 1 aliphatic heterocycles. The molecule has 0 unspecified atom stereocenters. The van der Waals surface area contributed by atoms with Crippen LogP contribution in [0.2, 0.25) is 0 Å². The van der Waals surface area contributed by atoms with Crippen molar-refractivity contribution >= 4 is 27.5 Å². The van der Waals surface area contributed by atoms with E-state index in [0.717, 1.165) is 15.2 Å². The number of halogens is 3. The molecule has 0 saturated carbocycles. The van der Waals surface area contributed by atoms with Gasteiger partial charge in [-0.3, -0.25) is 9.69 Å². The van der Waals surface area contributed by atoms with E-state index < -0.39 is 12.8 Å². The van der Waals surface area contributed by atoms with Crippen molar-refractivity contribution in [2.24, 2.45) is 0 Å². The fourth-order valence-electron chi connectivity index (χ4n) is 3.47. The molecule has 164 valence electrons. The molecule has 31 heavy (non-hydrogen) atoms. The number of benzene rings is 1. The number of ether oxygens (including phenoxy) is 1. The molecule has 4 rings (SSSR count). The van der Waals surface area contributed by atoms with Gasteiger partial charge in [0.05, 0.1) is 21.8 Å². The molecule has 0 aliphatic carbocycles. The minimum atomic E-state index is -4.43. The first-order chi connectivity index (χ1) is 14.8. The van der Waals surface area contributed by atoms with E-state index in [1.54, 1.807) is 16.2 Å². The third-order valence-corrected chi connectivity index (χ3v) is 6.39. The van der Waals surface area contributed by atoms with Crippen LogP contribution < -0.4 is 4.74 Å². The van der Waals surface area contributed by atoms with Crippen LogP contribution in [0.15, 0.2) is 42.6 Å². The number of carbonyl (C=O) groups is 1. The van der Waals surface area contributed by atoms with E-state index in [-0.39, 0.29) is 17.8 Å². The number of hydrogen-bond acceptors (Lipinski definition) is 6. The van der Waals surface area contributed by atoms with Crippen molar-refractivity contribution in [3.63, 3.8) is 0 Å². The lowest BCUT2D eigenvalue weighted by Crippen LogP contribution is -2.49. The standard InChI is InChI=1S/C21H21F3N4O2S/c1-14(19-26-16-4-2-3-5-17(16)31-19)27-8-10-28(11-9-27)20(29)15-6-7-18(25-12-15)30-13-21(22,23)24/h2-7,12,14H,8-11,13H2,1H3/t14-/m0/s1. The number of carbonyl (C=O) groups excluding carboxylic acids is 1. The van der Waals surface area contributed by atoms with Crippen LogP contribution in [0, 0.1) is 0 Å². The first kappa shape index (κ1) is 21.5. The zero-order chi connectivity index (χ0) is 22.0. The number of hydrogen-bond donors (Lipinski definition) is 0. The molecule has 3 aromatic rings. The Kier molecular flexibility index (Phi) is 6.10. The van der Waals surface area contributed by atoms with Crippen LogP contribution in [0.4, 0.5) is 13.2 Å². The molecular weight excluding hydrogens is 429 g/mol. The molecule has 1 saturated heterocycles. The summed E-state index contributed by atoms with van der Waals surface area (Å²) < 4.78 is 42.4. The van der Waals surface area contributed by atoms with Crippen LogP contribution in [-0.4, -0.2) is 64.6 Å². The molecule has 1 fully saturated rings. The molecule has 10 heteroatoms. The minimum Gasteiger partial charge on any atom is -0.468 e. The molecule has 0 N–H and O–H groups in total. The van der Waals surface area contributed by atoms with Gasteiger partial charge in [-0.05, 0) is 25.1 Å². The zero-order valence-corrected chi connectivity index (χ0v) is 17.6. The van der Waals surface area contributed by atoms with Gasteiger partial charge in [-0.2, -0.15) is 13.2 Å². The molecule has 3 heterocycles. The summed E-state index contributed by atoms with van der Waals surface area (Å²) in [7, 11) is 0. The van der Waals surface area contributed by atoms with Gasteiger partial charge in [-0.25, -0.2) is 9.97 Å². The molecule has 1 aliphatic rings. The van der Waals surface area contributed by atoms with Crippen LogP contribution in [-0.2, 0) is 0 Å². The minimum absolute atomic E-state index is 0.154. The first-order valence-electron chi connectivity index (χ1n) is 9.84. The molecular formula is C21H21F3N4O2S. The van der Waals surface area contributed by atoms with Gasteiger partial charge in [0.15, 0.2) is 6.61 Å². The van der Waals surface area contributed by atoms with E-state index in [9.17, 15) is 18.0 Å². The fourth-order valence-corrected chi connectivity index (χ4v) is 4.52. The summed E-state index contributed by atoms with van der Waals surface area (Å²) in [6, 6.07) is 10.9. The van der Waals surface area contributed by atoms with E-state index in [4.69, 9.17) is 4.98 Å². The predicted molar refractivity (Wildman–Crippen MR) is 111 cm³/mol. The average molecular weight is 450 g/mol. The van der Waals surface area contributed by atoms with Crippen LogP contribution in [0.1, 0.15) is 28.3 Å². The maximum Gasteiger partial charge on any atom is 0.422 e. The van der Waals surface area contributed by atoms with Crippen LogP contribution >= 0.6 is 11.3 Å². The van der Waals surface area contributed by atoms with Gasteiger partial charge >= 0.3 is 6.18 Å². The Hall–Kier alpha value is -2.72. The van der Waals surface area contributed by atoms with Crippen molar-refractivity contribution in [1.29, 1.82) is 0 Å². The summed E-state index contributed by atoms with van der Waals surface area (Å²) in [5.41, 5.74) is 1.32. The van der Waals surface area contributed by atoms with Crippen LogP contribution in [0.3, 0.4) is 0 Å². The highest BCUT2D eigenvalue weighted by Gasteiger charge is 2.29. The molecule has 1 amide bonds. The second kappa shape index (κ2) is 8.80. The molecule has 6 nitrogen and oxygen atoms in total. The molecule has 1 aromatic carbocycles. The maximum atomic E-state index is 12.7. The van der Waals surface area contributed by atoms with Gasteiger partial charge in [0.2, 0.25) is 5.88 Å². The van der Waals surface area contributed by atoms with E-state index in [0.29, 0.717) is 31.7 Å². The van der Waals surface area contributed by atoms with Gasteiger partial charge in [0.1, 0.15) is 5.01 Å². The van der Waals surface area contributed by atoms with E-state index in [1.807, 2.05) is 18.2 Å². The van der Waals surface area contributed by atoms with Gasteiger partial charge in [0.25, 0.3) is 5.91 Å². The summed E-state index contributed by atoms with van der Waals surface area (Å²) in [4.78, 5) is 25.3. The molecule has 0 bridgehead atoms. The van der Waals surface area contributed by atoms with Gasteiger partial charge in [-0.1, -0.05) is 12.1 Å². The predicted octanol–water partition coefficient (Wildman–Crippen LogP) is 4.15. The maximum absolute atomic E-state index is 12.7. The van der Waals surface area contributed by atoms with Crippen molar-refractivity contribution in [2.45, 2.75) is 19.1 Å². The Morgan fingerprint density at radius 3 is 2.55 bits per heavy atom. The van der Waals surface area contributed by atoms with Gasteiger partial charge in [-0.15, -0.1) is 11.3 Å². The smallest absolute Gasteiger partial charge is 0.422 e. The van der Waals surface area contributed by atoms with E-state index in [2.05, 4.69) is 27.6 Å². The van der Waals surface area contributed by atoms with Crippen molar-refractivity contribution in [3.05, 3.63) is 53.2 Å². The Morgan fingerprint density at radius 1 is 1.16 bits per heavy atom. The number of thiazole rings is 1. The second-order valence-corrected chi connectivity index (χ2v) is 8.38. The van der Waals surface area contributed by atoms with Crippen molar-refractivity contribution in [1.82, 2.24) is 19.8 Å². The summed E-state index contributed by atoms with van der Waals surface area (Å²) in [5.74, 6) is -0.356. The van der Waals surface area contributed by atoms with E-state index >= 15 is 0 Å². The monoisotopic (exact) mass is 450 g/mol.